The van der Waals surface area contributed by atoms with Crippen LogP contribution in [0.25, 0.3) is 17.3 Å². The van der Waals surface area contributed by atoms with E-state index in [0.29, 0.717) is 18.1 Å². The number of para-hydroxylation sites is 2. The Morgan fingerprint density at radius 1 is 1.34 bits per heavy atom. The second-order valence-corrected chi connectivity index (χ2v) is 6.81. The molecule has 1 atom stereocenters. The number of hydrogen-bond donors (Lipinski definition) is 1. The third-order valence-electron chi connectivity index (χ3n) is 4.87. The molecule has 1 aliphatic heterocycles. The van der Waals surface area contributed by atoms with Crippen molar-refractivity contribution in [1.82, 2.24) is 30.1 Å². The molecular formula is C18H19N7O4. The molecule has 0 radical (unpaired) electrons. The highest BCUT2D eigenvalue weighted by molar-refractivity contribution is 5.54. The summed E-state index contributed by atoms with van der Waals surface area (Å²) in [6, 6.07) is 7.44. The Bertz CT molecular complexity index is 1120. The van der Waals surface area contributed by atoms with Crippen molar-refractivity contribution in [2.45, 2.75) is 13.0 Å². The van der Waals surface area contributed by atoms with Gasteiger partial charge in [-0.25, -0.2) is 4.68 Å². The lowest BCUT2D eigenvalue weighted by Crippen LogP contribution is -2.44. The van der Waals surface area contributed by atoms with Crippen molar-refractivity contribution in [2.24, 2.45) is 0 Å². The Balaban J connectivity index is 1.78. The molecule has 11 nitrogen and oxygen atoms in total. The molecule has 1 unspecified atom stereocenters. The molecule has 3 heterocycles. The molecule has 0 amide bonds. The fourth-order valence-electron chi connectivity index (χ4n) is 3.30. The Labute approximate surface area is 165 Å². The Morgan fingerprint density at radius 2 is 2.14 bits per heavy atom. The minimum absolute atomic E-state index is 0.0173. The van der Waals surface area contributed by atoms with E-state index < -0.39 is 10.4 Å². The van der Waals surface area contributed by atoms with E-state index in [2.05, 4.69) is 25.5 Å². The second-order valence-electron chi connectivity index (χ2n) is 6.81. The smallest absolute Gasteiger partial charge is 0.294 e. The fraction of sp³-hybridized carbons (Fsp3) is 0.333. The van der Waals surface area contributed by atoms with Gasteiger partial charge >= 0.3 is 0 Å². The van der Waals surface area contributed by atoms with Crippen LogP contribution < -0.4 is 10.7 Å². The zero-order valence-corrected chi connectivity index (χ0v) is 15.9. The normalized spacial score (nSPS) is 17.4. The lowest BCUT2D eigenvalue weighted by molar-refractivity contribution is -0.384. The second kappa shape index (κ2) is 7.53. The van der Waals surface area contributed by atoms with Crippen molar-refractivity contribution in [3.05, 3.63) is 62.2 Å². The Morgan fingerprint density at radius 3 is 2.90 bits per heavy atom. The summed E-state index contributed by atoms with van der Waals surface area (Å²) in [4.78, 5) is 29.9. The van der Waals surface area contributed by atoms with Crippen molar-refractivity contribution < 1.29 is 9.45 Å². The molecule has 1 fully saturated rings. The van der Waals surface area contributed by atoms with E-state index in [1.807, 2.05) is 7.05 Å². The van der Waals surface area contributed by atoms with Crippen molar-refractivity contribution in [2.75, 3.05) is 26.7 Å². The summed E-state index contributed by atoms with van der Waals surface area (Å²) >= 11 is 0. The summed E-state index contributed by atoms with van der Waals surface area (Å²) in [6.45, 7) is 4.02. The molecule has 150 valence electrons. The zero-order valence-electron chi connectivity index (χ0n) is 15.9. The maximum Gasteiger partial charge on any atom is 0.294 e. The number of benzene rings is 1. The summed E-state index contributed by atoms with van der Waals surface area (Å²) in [7, 11) is 1.97. The third-order valence-corrected chi connectivity index (χ3v) is 4.87. The molecular weight excluding hydrogens is 378 g/mol. The van der Waals surface area contributed by atoms with E-state index >= 15 is 0 Å². The van der Waals surface area contributed by atoms with Crippen molar-refractivity contribution in [3.8, 4) is 17.3 Å². The van der Waals surface area contributed by atoms with Crippen LogP contribution >= 0.6 is 0 Å². The van der Waals surface area contributed by atoms with Crippen LogP contribution in [0.4, 0.5) is 5.69 Å². The van der Waals surface area contributed by atoms with E-state index in [4.69, 9.17) is 4.52 Å². The van der Waals surface area contributed by atoms with Gasteiger partial charge in [-0.1, -0.05) is 17.3 Å². The number of aromatic nitrogens is 4. The molecule has 2 aromatic heterocycles. The van der Waals surface area contributed by atoms with Gasteiger partial charge in [-0.2, -0.15) is 10.1 Å². The van der Waals surface area contributed by atoms with Crippen LogP contribution in [0.5, 0.6) is 0 Å². The molecule has 4 rings (SSSR count). The number of nitro groups is 1. The van der Waals surface area contributed by atoms with E-state index in [1.165, 1.54) is 16.8 Å². The average Bonchev–Trinajstić information content (AvgIpc) is 3.18. The first-order valence-electron chi connectivity index (χ1n) is 9.05. The highest BCUT2D eigenvalue weighted by atomic mass is 16.6. The predicted octanol–water partition coefficient (Wildman–Crippen LogP) is 1.08. The number of nitrogens with zero attached hydrogens (tertiary/aromatic N) is 6. The van der Waals surface area contributed by atoms with Crippen LogP contribution in [0.15, 0.2) is 39.6 Å². The summed E-state index contributed by atoms with van der Waals surface area (Å²) in [6.07, 6.45) is 0. The number of nitro benzene ring substituents is 1. The number of nitrogens with one attached hydrogen (secondary N) is 1. The minimum atomic E-state index is -0.495. The molecule has 1 N–H and O–H groups in total. The number of likely N-dealkylation sites (N-methyl/N-ethyl adjacent to an activating group) is 1. The molecule has 3 aromatic rings. The number of piperazine rings is 1. The van der Waals surface area contributed by atoms with Gasteiger partial charge in [0.2, 0.25) is 5.43 Å². The summed E-state index contributed by atoms with van der Waals surface area (Å²) in [5.41, 5.74) is 0.108. The fourth-order valence-corrected chi connectivity index (χ4v) is 3.30. The minimum Gasteiger partial charge on any atom is -0.332 e. The molecule has 1 aromatic carbocycles. The summed E-state index contributed by atoms with van der Waals surface area (Å²) in [5.74, 6) is 0.435. The topological polar surface area (TPSA) is 132 Å². The van der Waals surface area contributed by atoms with Gasteiger partial charge in [0.25, 0.3) is 11.6 Å². The number of rotatable bonds is 4. The van der Waals surface area contributed by atoms with Gasteiger partial charge in [-0.15, -0.1) is 0 Å². The monoisotopic (exact) mass is 397 g/mol. The van der Waals surface area contributed by atoms with E-state index in [0.717, 1.165) is 13.1 Å². The van der Waals surface area contributed by atoms with Crippen LogP contribution in [0.2, 0.25) is 0 Å². The first-order chi connectivity index (χ1) is 14.0. The van der Waals surface area contributed by atoms with Crippen molar-refractivity contribution in [1.29, 1.82) is 0 Å². The largest absolute Gasteiger partial charge is 0.332 e. The molecule has 1 aliphatic rings. The van der Waals surface area contributed by atoms with Gasteiger partial charge in [-0.3, -0.25) is 19.8 Å². The Hall–Kier alpha value is -3.44. The van der Waals surface area contributed by atoms with Crippen LogP contribution in [0, 0.1) is 17.0 Å². The quantitative estimate of drug-likeness (QED) is 0.507. The highest BCUT2D eigenvalue weighted by Crippen LogP contribution is 2.24. The Kier molecular flexibility index (Phi) is 4.91. The van der Waals surface area contributed by atoms with Crippen molar-refractivity contribution in [3.63, 3.8) is 0 Å². The van der Waals surface area contributed by atoms with E-state index in [-0.39, 0.29) is 29.0 Å². The summed E-state index contributed by atoms with van der Waals surface area (Å²) in [5, 5.41) is 23.0. The predicted molar refractivity (Wildman–Crippen MR) is 103 cm³/mol. The first-order valence-corrected chi connectivity index (χ1v) is 9.05. The molecule has 0 aliphatic carbocycles. The lowest BCUT2D eigenvalue weighted by atomic mass is 10.2. The molecule has 1 saturated heterocycles. The number of aryl methyl sites for hydroxylation is 1. The highest BCUT2D eigenvalue weighted by Gasteiger charge is 2.27. The van der Waals surface area contributed by atoms with Gasteiger partial charge < -0.3 is 9.84 Å². The lowest BCUT2D eigenvalue weighted by Gasteiger charge is -2.30. The SMILES string of the molecule is Cc1cc(=O)c(-c2nc(C3CNCCN3C)no2)nn1-c1ccccc1[N+](=O)[O-]. The van der Waals surface area contributed by atoms with Crippen molar-refractivity contribution >= 4 is 5.69 Å². The van der Waals surface area contributed by atoms with Crippen LogP contribution in [-0.2, 0) is 0 Å². The number of hydrogen-bond acceptors (Lipinski definition) is 9. The molecule has 0 saturated carbocycles. The maximum absolute atomic E-state index is 12.5. The van der Waals surface area contributed by atoms with E-state index in [1.54, 1.807) is 25.1 Å². The van der Waals surface area contributed by atoms with Crippen LogP contribution in [0.3, 0.4) is 0 Å². The maximum atomic E-state index is 12.5. The van der Waals surface area contributed by atoms with Gasteiger partial charge in [0.1, 0.15) is 5.69 Å². The standard InChI is InChI=1S/C18H19N7O4/c1-11-9-15(26)16(21-24(11)12-5-3-4-6-13(12)25(27)28)18-20-17(22-29-18)14-10-19-7-8-23(14)2/h3-6,9,14,19H,7-8,10H2,1-2H3. The first kappa shape index (κ1) is 18.9. The van der Waals surface area contributed by atoms with Crippen LogP contribution in [0.1, 0.15) is 17.6 Å². The molecule has 29 heavy (non-hydrogen) atoms. The molecule has 11 heteroatoms. The van der Waals surface area contributed by atoms with Gasteiger partial charge in [0, 0.05) is 37.5 Å². The van der Waals surface area contributed by atoms with E-state index in [9.17, 15) is 14.9 Å². The van der Waals surface area contributed by atoms with Gasteiger partial charge in [0.15, 0.2) is 11.5 Å². The molecule has 0 spiro atoms. The third kappa shape index (κ3) is 3.52. The van der Waals surface area contributed by atoms with Gasteiger partial charge in [0.05, 0.1) is 11.0 Å². The summed E-state index contributed by atoms with van der Waals surface area (Å²) < 4.78 is 6.66. The van der Waals surface area contributed by atoms with Crippen LogP contribution in [-0.4, -0.2) is 56.4 Å². The average molecular weight is 397 g/mol. The molecule has 0 bridgehead atoms. The van der Waals surface area contributed by atoms with Gasteiger partial charge in [-0.05, 0) is 20.0 Å². The zero-order chi connectivity index (χ0) is 20.5.